The van der Waals surface area contributed by atoms with E-state index in [1.165, 1.54) is 5.56 Å². The van der Waals surface area contributed by atoms with Gasteiger partial charge in [0.2, 0.25) is 0 Å². The Balaban J connectivity index is 1.35. The second-order valence-electron chi connectivity index (χ2n) is 12.7. The maximum atomic E-state index is 6.79. The predicted molar refractivity (Wildman–Crippen MR) is 207 cm³/mol. The molecular weight excluding hydrogens is 678 g/mol. The minimum absolute atomic E-state index is 0.245. The molecule has 2 aromatic heterocycles. The first kappa shape index (κ1) is 32.7. The number of hydrogen-bond acceptors (Lipinski definition) is 7. The molecule has 0 aliphatic rings. The van der Waals surface area contributed by atoms with E-state index in [4.69, 9.17) is 30.6 Å². The smallest absolute Gasteiger partial charge is 0.453 e. The van der Waals surface area contributed by atoms with Crippen molar-refractivity contribution < 1.29 is 30.6 Å². The van der Waals surface area contributed by atoms with Gasteiger partial charge in [0.15, 0.2) is 11.5 Å². The first-order chi connectivity index (χ1) is 24.9. The number of hydrogen-bond donors (Lipinski definition) is 0. The zero-order valence-corrected chi connectivity index (χ0v) is 30.7. The summed E-state index contributed by atoms with van der Waals surface area (Å²) < 4.78 is 45.5. The van der Waals surface area contributed by atoms with Crippen LogP contribution >= 0.6 is 16.5 Å². The van der Waals surface area contributed by atoms with Crippen LogP contribution in [0.4, 0.5) is 0 Å². The average molecular weight is 715 g/mol. The molecule has 0 spiro atoms. The lowest BCUT2D eigenvalue weighted by Crippen LogP contribution is -1.98. The molecule has 0 saturated carbocycles. The van der Waals surface area contributed by atoms with E-state index in [9.17, 15) is 0 Å². The van der Waals surface area contributed by atoms with Crippen LogP contribution in [0, 0.1) is 13.8 Å². The van der Waals surface area contributed by atoms with E-state index in [0.29, 0.717) is 39.6 Å². The van der Waals surface area contributed by atoms with E-state index in [-0.39, 0.29) is 5.92 Å². The third kappa shape index (κ3) is 6.36. The predicted octanol–water partition coefficient (Wildman–Crippen LogP) is 14.0. The lowest BCUT2D eigenvalue weighted by Gasteiger charge is -2.19. The molecule has 7 nitrogen and oxygen atoms in total. The van der Waals surface area contributed by atoms with Gasteiger partial charge in [0.05, 0.1) is 7.11 Å². The van der Waals surface area contributed by atoms with Crippen LogP contribution in [0.15, 0.2) is 138 Å². The largest absolute Gasteiger partial charge is 0.493 e. The maximum Gasteiger partial charge on any atom is 0.453 e. The van der Waals surface area contributed by atoms with Crippen molar-refractivity contribution in [1.29, 1.82) is 0 Å². The van der Waals surface area contributed by atoms with Gasteiger partial charge in [-0.1, -0.05) is 86.6 Å². The van der Waals surface area contributed by atoms with Gasteiger partial charge in [-0.05, 0) is 85.0 Å². The molecule has 0 aliphatic carbocycles. The summed E-state index contributed by atoms with van der Waals surface area (Å²) in [6.07, 6.45) is 0. The Hall–Kier alpha value is -5.48. The van der Waals surface area contributed by atoms with E-state index < -0.39 is 16.5 Å². The van der Waals surface area contributed by atoms with Gasteiger partial charge in [0.1, 0.15) is 28.1 Å². The lowest BCUT2D eigenvalue weighted by atomic mass is 9.91. The molecule has 0 saturated heterocycles. The molecule has 0 radical (unpaired) electrons. The number of para-hydroxylation sites is 4. The lowest BCUT2D eigenvalue weighted by molar-refractivity contribution is 0.391. The van der Waals surface area contributed by atoms with Crippen molar-refractivity contribution in [3.63, 3.8) is 0 Å². The van der Waals surface area contributed by atoms with Crippen molar-refractivity contribution in [2.45, 2.75) is 33.6 Å². The van der Waals surface area contributed by atoms with Crippen molar-refractivity contribution in [3.05, 3.63) is 138 Å². The Morgan fingerprint density at radius 2 is 0.961 bits per heavy atom. The molecule has 6 aromatic carbocycles. The van der Waals surface area contributed by atoms with Crippen LogP contribution in [0.25, 0.3) is 55.0 Å². The van der Waals surface area contributed by atoms with Crippen molar-refractivity contribution in [3.8, 4) is 28.4 Å². The molecule has 0 bridgehead atoms. The summed E-state index contributed by atoms with van der Waals surface area (Å²) in [6, 6.07) is 39.8. The second kappa shape index (κ2) is 13.7. The SMILES string of the molecule is COc1cc(C)cc(-c2cc(C(C)C)c(C)cc2Op2oc3ccccc3c3ccccc3o2)c1Op1oc2ccccc2c2ccccc2o1. The fourth-order valence-electron chi connectivity index (χ4n) is 6.45. The number of fused-ring (bicyclic) bond motifs is 6. The van der Waals surface area contributed by atoms with Gasteiger partial charge in [0.25, 0.3) is 0 Å². The third-order valence-electron chi connectivity index (χ3n) is 8.86. The molecule has 0 N–H and O–H groups in total. The Labute approximate surface area is 297 Å². The molecule has 0 amide bonds. The number of rotatable bonds is 7. The summed E-state index contributed by atoms with van der Waals surface area (Å²) in [5, 5.41) is 3.76. The van der Waals surface area contributed by atoms with E-state index in [2.05, 4.69) is 39.0 Å². The highest BCUT2D eigenvalue weighted by atomic mass is 31.1. The van der Waals surface area contributed by atoms with E-state index in [0.717, 1.165) is 43.8 Å². The number of methoxy groups -OCH3 is 1. The van der Waals surface area contributed by atoms with E-state index in [1.54, 1.807) is 7.11 Å². The molecule has 256 valence electrons. The molecular formula is C42H36O7P2. The highest BCUT2D eigenvalue weighted by Gasteiger charge is 2.24. The van der Waals surface area contributed by atoms with Crippen LogP contribution in [0.1, 0.15) is 36.5 Å². The number of benzene rings is 6. The Morgan fingerprint density at radius 1 is 0.510 bits per heavy atom. The highest BCUT2D eigenvalue weighted by Crippen LogP contribution is 2.50. The maximum absolute atomic E-state index is 6.79. The quantitative estimate of drug-likeness (QED) is 0.163. The Bertz CT molecular complexity index is 2540. The van der Waals surface area contributed by atoms with Gasteiger partial charge in [-0.2, -0.15) is 0 Å². The summed E-state index contributed by atoms with van der Waals surface area (Å²) in [4.78, 5) is 0. The van der Waals surface area contributed by atoms with Crippen molar-refractivity contribution in [1.82, 2.24) is 0 Å². The zero-order valence-electron chi connectivity index (χ0n) is 28.9. The summed E-state index contributed by atoms with van der Waals surface area (Å²) >= 11 is 0. The van der Waals surface area contributed by atoms with Gasteiger partial charge in [-0.25, -0.2) is 0 Å². The second-order valence-corrected chi connectivity index (χ2v) is 14.7. The number of ether oxygens (including phenoxy) is 1. The molecule has 0 unspecified atom stereocenters. The van der Waals surface area contributed by atoms with Gasteiger partial charge in [0, 0.05) is 32.7 Å². The summed E-state index contributed by atoms with van der Waals surface area (Å²) in [6.45, 7) is 8.49. The minimum atomic E-state index is -1.97. The Morgan fingerprint density at radius 3 is 1.41 bits per heavy atom. The third-order valence-corrected chi connectivity index (χ3v) is 10.9. The first-order valence-electron chi connectivity index (χ1n) is 16.7. The average Bonchev–Trinajstić information content (AvgIpc) is 3.39. The molecule has 0 aliphatic heterocycles. The van der Waals surface area contributed by atoms with Crippen molar-refractivity contribution in [2.75, 3.05) is 7.11 Å². The van der Waals surface area contributed by atoms with Crippen molar-refractivity contribution >= 4 is 60.4 Å². The highest BCUT2D eigenvalue weighted by molar-refractivity contribution is 7.32. The fourth-order valence-corrected chi connectivity index (χ4v) is 8.61. The van der Waals surface area contributed by atoms with Crippen LogP contribution in [0.3, 0.4) is 0 Å². The van der Waals surface area contributed by atoms with Gasteiger partial charge in [-0.3, -0.25) is 0 Å². The molecule has 0 fully saturated rings. The normalized spacial score (nSPS) is 11.4. The first-order valence-corrected chi connectivity index (χ1v) is 18.9. The molecule has 0 atom stereocenters. The monoisotopic (exact) mass is 714 g/mol. The molecule has 51 heavy (non-hydrogen) atoms. The van der Waals surface area contributed by atoms with Crippen LogP contribution in [0.2, 0.25) is 0 Å². The van der Waals surface area contributed by atoms with E-state index in [1.807, 2.05) is 110 Å². The molecule has 2 heterocycles. The van der Waals surface area contributed by atoms with Gasteiger partial charge in [-0.15, -0.1) is 0 Å². The van der Waals surface area contributed by atoms with Crippen molar-refractivity contribution in [2.24, 2.45) is 0 Å². The van der Waals surface area contributed by atoms with Gasteiger partial charge < -0.3 is 30.6 Å². The Kier molecular flexibility index (Phi) is 8.77. The van der Waals surface area contributed by atoms with Crippen LogP contribution < -0.4 is 13.8 Å². The minimum Gasteiger partial charge on any atom is -0.493 e. The topological polar surface area (TPSA) is 80.2 Å². The summed E-state index contributed by atoms with van der Waals surface area (Å²) in [5.74, 6) is 1.84. The number of aryl methyl sites for hydroxylation is 2. The van der Waals surface area contributed by atoms with Gasteiger partial charge >= 0.3 is 16.5 Å². The van der Waals surface area contributed by atoms with E-state index >= 15 is 0 Å². The molecule has 8 rings (SSSR count). The standard InChI is InChI=1S/C42H36O7P2/c1-26(2)33-25-34(40(24-28(33)4)48-50-44-36-18-10-6-14-29(36)30-15-7-11-19-37(30)45-50)35-22-27(3)23-41(43-5)42(35)49-51-46-38-20-12-8-16-31(38)32-17-9-13-21-39(32)47-51/h6-26H,1-5H3. The zero-order chi connectivity index (χ0) is 35.1. The summed E-state index contributed by atoms with van der Waals surface area (Å²) in [5.41, 5.74) is 7.53. The molecule has 9 heteroatoms. The van der Waals surface area contributed by atoms with Crippen LogP contribution in [0.5, 0.6) is 17.2 Å². The van der Waals surface area contributed by atoms with Crippen LogP contribution in [-0.4, -0.2) is 7.11 Å². The van der Waals surface area contributed by atoms with Crippen LogP contribution in [-0.2, 0) is 0 Å². The fraction of sp³-hybridized carbons (Fsp3) is 0.143. The molecule has 8 aromatic rings. The summed E-state index contributed by atoms with van der Waals surface area (Å²) in [7, 11) is -2.25.